The van der Waals surface area contributed by atoms with Crippen LogP contribution in [-0.4, -0.2) is 17.5 Å². The van der Waals surface area contributed by atoms with Gasteiger partial charge in [-0.15, -0.1) is 22.7 Å². The van der Waals surface area contributed by atoms with Gasteiger partial charge in [0.2, 0.25) is 5.78 Å². The monoisotopic (exact) mass is 363 g/mol. The fraction of sp³-hybridized carbons (Fsp3) is 0.444. The third-order valence-electron chi connectivity index (χ3n) is 3.76. The second-order valence-corrected chi connectivity index (χ2v) is 8.90. The molecule has 128 valence electrons. The molecule has 0 atom stereocenters. The number of aryl methyl sites for hydroxylation is 1. The zero-order valence-electron chi connectivity index (χ0n) is 14.1. The molecule has 0 saturated carbocycles. The molecule has 1 N–H and O–H groups in total. The third kappa shape index (κ3) is 3.70. The van der Waals surface area contributed by atoms with Crippen LogP contribution < -0.4 is 5.32 Å². The Morgan fingerprint density at radius 3 is 2.62 bits per heavy atom. The first-order chi connectivity index (χ1) is 11.3. The van der Waals surface area contributed by atoms with Crippen LogP contribution in [0.15, 0.2) is 17.5 Å². The van der Waals surface area contributed by atoms with E-state index in [2.05, 4.69) is 5.32 Å². The Hall–Kier alpha value is -1.66. The average molecular weight is 364 g/mol. The summed E-state index contributed by atoms with van der Waals surface area (Å²) in [5, 5.41) is 5.32. The lowest BCUT2D eigenvalue weighted by molar-refractivity contribution is 0.0636. The first-order valence-electron chi connectivity index (χ1n) is 8.08. The Balaban J connectivity index is 1.95. The van der Waals surface area contributed by atoms with Gasteiger partial charge in [-0.3, -0.25) is 10.1 Å². The van der Waals surface area contributed by atoms with Gasteiger partial charge in [-0.05, 0) is 63.5 Å². The summed E-state index contributed by atoms with van der Waals surface area (Å²) in [5.41, 5.74) is 1.19. The number of anilines is 1. The molecule has 24 heavy (non-hydrogen) atoms. The molecule has 0 fully saturated rings. The molecule has 6 heteroatoms. The summed E-state index contributed by atoms with van der Waals surface area (Å²) in [6.07, 6.45) is 3.57. The molecule has 2 aromatic rings. The molecule has 0 unspecified atom stereocenters. The summed E-state index contributed by atoms with van der Waals surface area (Å²) in [7, 11) is 0. The van der Waals surface area contributed by atoms with E-state index < -0.39 is 11.7 Å². The topological polar surface area (TPSA) is 55.4 Å². The fourth-order valence-electron chi connectivity index (χ4n) is 2.82. The maximum atomic E-state index is 13.0. The van der Waals surface area contributed by atoms with Crippen LogP contribution in [0.25, 0.3) is 0 Å². The molecule has 0 saturated heterocycles. The van der Waals surface area contributed by atoms with Gasteiger partial charge >= 0.3 is 6.09 Å². The number of ketones is 1. The minimum atomic E-state index is -0.571. The molecule has 0 spiro atoms. The van der Waals surface area contributed by atoms with E-state index in [1.165, 1.54) is 27.6 Å². The number of hydrogen-bond donors (Lipinski definition) is 1. The van der Waals surface area contributed by atoms with E-state index in [-0.39, 0.29) is 5.78 Å². The zero-order chi connectivity index (χ0) is 17.3. The first kappa shape index (κ1) is 17.2. The molecule has 2 heterocycles. The van der Waals surface area contributed by atoms with Gasteiger partial charge in [0.1, 0.15) is 10.6 Å². The Kier molecular flexibility index (Phi) is 4.78. The Morgan fingerprint density at radius 2 is 1.96 bits per heavy atom. The van der Waals surface area contributed by atoms with E-state index in [0.29, 0.717) is 15.4 Å². The van der Waals surface area contributed by atoms with E-state index in [4.69, 9.17) is 4.74 Å². The number of hydrogen-bond acceptors (Lipinski definition) is 5. The lowest BCUT2D eigenvalue weighted by Crippen LogP contribution is -2.27. The largest absolute Gasteiger partial charge is 0.444 e. The van der Waals surface area contributed by atoms with Gasteiger partial charge in [-0.25, -0.2) is 4.79 Å². The van der Waals surface area contributed by atoms with Crippen molar-refractivity contribution in [3.8, 4) is 0 Å². The highest BCUT2D eigenvalue weighted by molar-refractivity contribution is 7.17. The van der Waals surface area contributed by atoms with Gasteiger partial charge in [-0.1, -0.05) is 6.07 Å². The van der Waals surface area contributed by atoms with Crippen molar-refractivity contribution in [2.24, 2.45) is 0 Å². The highest BCUT2D eigenvalue weighted by Gasteiger charge is 2.28. The average Bonchev–Trinajstić information content (AvgIpc) is 3.11. The number of carbonyl (C=O) groups is 2. The minimum absolute atomic E-state index is 0.00420. The van der Waals surface area contributed by atoms with E-state index in [1.807, 2.05) is 38.3 Å². The van der Waals surface area contributed by atoms with Crippen LogP contribution in [0.5, 0.6) is 0 Å². The van der Waals surface area contributed by atoms with E-state index in [1.54, 1.807) is 0 Å². The number of thiophene rings is 2. The highest BCUT2D eigenvalue weighted by atomic mass is 32.1. The predicted molar refractivity (Wildman–Crippen MR) is 98.6 cm³/mol. The number of amides is 1. The molecule has 0 aliphatic heterocycles. The van der Waals surface area contributed by atoms with Crippen molar-refractivity contribution in [3.05, 3.63) is 38.4 Å². The lowest BCUT2D eigenvalue weighted by atomic mass is 9.93. The molecule has 1 amide bonds. The summed E-state index contributed by atoms with van der Waals surface area (Å²) in [6.45, 7) is 5.47. The normalized spacial score (nSPS) is 14.1. The van der Waals surface area contributed by atoms with Gasteiger partial charge in [0, 0.05) is 4.88 Å². The van der Waals surface area contributed by atoms with Crippen LogP contribution in [0.2, 0.25) is 0 Å². The van der Waals surface area contributed by atoms with Crippen molar-refractivity contribution < 1.29 is 14.3 Å². The summed E-state index contributed by atoms with van der Waals surface area (Å²) >= 11 is 2.94. The minimum Gasteiger partial charge on any atom is -0.444 e. The second kappa shape index (κ2) is 6.69. The van der Waals surface area contributed by atoms with Crippen LogP contribution in [0.4, 0.5) is 9.80 Å². The molecule has 2 aromatic heterocycles. The first-order valence-corrected chi connectivity index (χ1v) is 9.77. The summed E-state index contributed by atoms with van der Waals surface area (Å²) in [6, 6.07) is 3.70. The van der Waals surface area contributed by atoms with Gasteiger partial charge in [-0.2, -0.15) is 0 Å². The van der Waals surface area contributed by atoms with E-state index >= 15 is 0 Å². The standard InChI is InChI=1S/C18H21NO3S2/c1-18(2,3)22-17(21)19-16-14(15(20)13-9-6-10-23-13)11-7-4-5-8-12(11)24-16/h6,9-10H,4-5,7-8H2,1-3H3,(H,19,21). The molecule has 0 bridgehead atoms. The molecule has 0 radical (unpaired) electrons. The SMILES string of the molecule is CC(C)(C)OC(=O)Nc1sc2c(c1C(=O)c1cccs1)CCCC2. The van der Waals surface area contributed by atoms with Crippen LogP contribution in [-0.2, 0) is 17.6 Å². The summed E-state index contributed by atoms with van der Waals surface area (Å²) in [5.74, 6) is -0.00420. The Bertz CT molecular complexity index is 754. The zero-order valence-corrected chi connectivity index (χ0v) is 15.7. The Labute approximate surface area is 149 Å². The van der Waals surface area contributed by atoms with Crippen molar-refractivity contribution in [2.75, 3.05) is 5.32 Å². The second-order valence-electron chi connectivity index (χ2n) is 6.85. The van der Waals surface area contributed by atoms with E-state index in [9.17, 15) is 9.59 Å². The van der Waals surface area contributed by atoms with Crippen LogP contribution in [0, 0.1) is 0 Å². The fourth-order valence-corrected chi connectivity index (χ4v) is 4.76. The number of ether oxygens (including phenoxy) is 1. The molecular formula is C18H21NO3S2. The number of fused-ring (bicyclic) bond motifs is 1. The van der Waals surface area contributed by atoms with E-state index in [0.717, 1.165) is 31.2 Å². The Morgan fingerprint density at radius 1 is 1.21 bits per heavy atom. The maximum absolute atomic E-state index is 13.0. The molecular weight excluding hydrogens is 342 g/mol. The molecule has 4 nitrogen and oxygen atoms in total. The predicted octanol–water partition coefficient (Wildman–Crippen LogP) is 5.27. The molecule has 1 aliphatic rings. The lowest BCUT2D eigenvalue weighted by Gasteiger charge is -2.19. The number of carbonyl (C=O) groups excluding carboxylic acids is 2. The summed E-state index contributed by atoms with van der Waals surface area (Å²) < 4.78 is 5.35. The van der Waals surface area contributed by atoms with Gasteiger partial charge in [0.15, 0.2) is 0 Å². The van der Waals surface area contributed by atoms with Crippen molar-refractivity contribution in [3.63, 3.8) is 0 Å². The van der Waals surface area contributed by atoms with Gasteiger partial charge in [0.25, 0.3) is 0 Å². The van der Waals surface area contributed by atoms with Crippen LogP contribution >= 0.6 is 22.7 Å². The molecule has 3 rings (SSSR count). The third-order valence-corrected chi connectivity index (χ3v) is 5.83. The van der Waals surface area contributed by atoms with Crippen molar-refractivity contribution >= 4 is 39.6 Å². The molecule has 1 aliphatic carbocycles. The van der Waals surface area contributed by atoms with Crippen molar-refractivity contribution in [1.29, 1.82) is 0 Å². The number of nitrogens with one attached hydrogen (secondary N) is 1. The summed E-state index contributed by atoms with van der Waals surface area (Å²) in [4.78, 5) is 27.0. The van der Waals surface area contributed by atoms with Crippen molar-refractivity contribution in [2.45, 2.75) is 52.1 Å². The van der Waals surface area contributed by atoms with Crippen LogP contribution in [0.1, 0.15) is 59.3 Å². The van der Waals surface area contributed by atoms with Gasteiger partial charge < -0.3 is 4.74 Å². The quantitative estimate of drug-likeness (QED) is 0.756. The smallest absolute Gasteiger partial charge is 0.412 e. The number of rotatable bonds is 3. The maximum Gasteiger partial charge on any atom is 0.412 e. The molecule has 0 aromatic carbocycles. The van der Waals surface area contributed by atoms with Crippen molar-refractivity contribution in [1.82, 2.24) is 0 Å². The van der Waals surface area contributed by atoms with Crippen LogP contribution in [0.3, 0.4) is 0 Å². The highest BCUT2D eigenvalue weighted by Crippen LogP contribution is 2.40. The van der Waals surface area contributed by atoms with Gasteiger partial charge in [0.05, 0.1) is 10.4 Å².